The van der Waals surface area contributed by atoms with Crippen LogP contribution in [0.15, 0.2) is 45.9 Å². The molecule has 0 bridgehead atoms. The average Bonchev–Trinajstić information content (AvgIpc) is 2.88. The predicted octanol–water partition coefficient (Wildman–Crippen LogP) is 1.52. The van der Waals surface area contributed by atoms with Gasteiger partial charge in [-0.05, 0) is 18.2 Å². The van der Waals surface area contributed by atoms with E-state index in [9.17, 15) is 9.59 Å². The van der Waals surface area contributed by atoms with Crippen LogP contribution in [0.25, 0.3) is 16.8 Å². The number of nitrogens with zero attached hydrogens (tertiary/aromatic N) is 4. The molecule has 2 aromatic heterocycles. The van der Waals surface area contributed by atoms with Crippen LogP contribution in [0.5, 0.6) is 0 Å². The molecule has 0 aliphatic heterocycles. The second-order valence-electron chi connectivity index (χ2n) is 4.15. The van der Waals surface area contributed by atoms with E-state index in [1.807, 2.05) is 24.3 Å². The monoisotopic (exact) mass is 332 g/mol. The summed E-state index contributed by atoms with van der Waals surface area (Å²) in [5.41, 5.74) is 1.63. The summed E-state index contributed by atoms with van der Waals surface area (Å²) in [4.78, 5) is 22.6. The summed E-state index contributed by atoms with van der Waals surface area (Å²) in [7, 11) is 0. The molecule has 0 fully saturated rings. The van der Waals surface area contributed by atoms with Gasteiger partial charge < -0.3 is 4.79 Å². The van der Waals surface area contributed by atoms with Crippen molar-refractivity contribution in [2.45, 2.75) is 6.54 Å². The summed E-state index contributed by atoms with van der Waals surface area (Å²) < 4.78 is 3.50. The molecule has 2 heterocycles. The van der Waals surface area contributed by atoms with Gasteiger partial charge in [0.2, 0.25) is 0 Å². The summed E-state index contributed by atoms with van der Waals surface area (Å²) in [6.45, 7) is -0.0614. The Labute approximate surface area is 121 Å². The number of hydrogen-bond acceptors (Lipinski definition) is 4. The average molecular weight is 333 g/mol. The number of carbonyl (C=O) groups excluding carboxylic acids is 1. The van der Waals surface area contributed by atoms with Gasteiger partial charge in [-0.25, -0.2) is 9.20 Å². The smallest absolute Gasteiger partial charge is 0.293 e. The van der Waals surface area contributed by atoms with E-state index in [4.69, 9.17) is 0 Å². The molecule has 3 rings (SSSR count). The number of rotatable bonds is 3. The number of fused-ring (bicyclic) bond motifs is 1. The second kappa shape index (κ2) is 5.01. The standard InChI is InChI=1S/C13H9BrN4O2/c14-10-3-1-9(2-4-10)11-7-12-13(20)17(5-6-19)15-8-18(12)16-11/h1-4,6-8H,5H2. The van der Waals surface area contributed by atoms with E-state index in [1.165, 1.54) is 10.8 Å². The number of benzene rings is 1. The fourth-order valence-corrected chi connectivity index (χ4v) is 2.16. The molecule has 0 saturated heterocycles. The highest BCUT2D eigenvalue weighted by Crippen LogP contribution is 2.20. The third kappa shape index (κ3) is 2.16. The van der Waals surface area contributed by atoms with Gasteiger partial charge in [-0.1, -0.05) is 28.1 Å². The van der Waals surface area contributed by atoms with E-state index in [0.717, 1.165) is 14.7 Å². The molecular formula is C13H9BrN4O2. The minimum absolute atomic E-state index is 0.0614. The molecular weight excluding hydrogens is 324 g/mol. The summed E-state index contributed by atoms with van der Waals surface area (Å²) in [6.07, 6.45) is 2.06. The maximum Gasteiger partial charge on any atom is 0.293 e. The van der Waals surface area contributed by atoms with Crippen molar-refractivity contribution in [2.75, 3.05) is 0 Å². The van der Waals surface area contributed by atoms with Crippen molar-refractivity contribution in [1.82, 2.24) is 19.4 Å². The van der Waals surface area contributed by atoms with Gasteiger partial charge in [0.25, 0.3) is 5.56 Å². The zero-order valence-corrected chi connectivity index (χ0v) is 11.8. The van der Waals surface area contributed by atoms with Crippen LogP contribution in [0.2, 0.25) is 0 Å². The van der Waals surface area contributed by atoms with Gasteiger partial charge in [0.05, 0.1) is 5.69 Å². The van der Waals surface area contributed by atoms with Gasteiger partial charge >= 0.3 is 0 Å². The Morgan fingerprint density at radius 2 is 2.00 bits per heavy atom. The Balaban J connectivity index is 2.15. The Morgan fingerprint density at radius 3 is 2.70 bits per heavy atom. The van der Waals surface area contributed by atoms with Crippen LogP contribution >= 0.6 is 15.9 Å². The van der Waals surface area contributed by atoms with Gasteiger partial charge in [-0.2, -0.15) is 10.2 Å². The van der Waals surface area contributed by atoms with E-state index in [1.54, 1.807) is 6.07 Å². The van der Waals surface area contributed by atoms with E-state index in [-0.39, 0.29) is 12.1 Å². The van der Waals surface area contributed by atoms with Gasteiger partial charge in [0.15, 0.2) is 0 Å². The van der Waals surface area contributed by atoms with E-state index in [2.05, 4.69) is 26.1 Å². The molecule has 0 unspecified atom stereocenters. The lowest BCUT2D eigenvalue weighted by atomic mass is 10.1. The van der Waals surface area contributed by atoms with Crippen molar-refractivity contribution in [1.29, 1.82) is 0 Å². The summed E-state index contributed by atoms with van der Waals surface area (Å²) in [6, 6.07) is 9.31. The Bertz CT molecular complexity index is 836. The van der Waals surface area contributed by atoms with Crippen LogP contribution in [0.1, 0.15) is 0 Å². The molecule has 20 heavy (non-hydrogen) atoms. The Hall–Kier alpha value is -2.28. The minimum atomic E-state index is -0.338. The zero-order valence-electron chi connectivity index (χ0n) is 10.2. The van der Waals surface area contributed by atoms with Crippen molar-refractivity contribution >= 4 is 27.7 Å². The van der Waals surface area contributed by atoms with E-state index in [0.29, 0.717) is 17.5 Å². The maximum absolute atomic E-state index is 12.1. The van der Waals surface area contributed by atoms with Gasteiger partial charge in [-0.15, -0.1) is 0 Å². The largest absolute Gasteiger partial charge is 0.301 e. The van der Waals surface area contributed by atoms with Crippen molar-refractivity contribution < 1.29 is 4.79 Å². The van der Waals surface area contributed by atoms with Crippen molar-refractivity contribution in [3.8, 4) is 11.3 Å². The predicted molar refractivity (Wildman–Crippen MR) is 76.4 cm³/mol. The molecule has 0 saturated carbocycles. The van der Waals surface area contributed by atoms with Crippen LogP contribution in [0.4, 0.5) is 0 Å². The van der Waals surface area contributed by atoms with Gasteiger partial charge in [0, 0.05) is 10.0 Å². The molecule has 1 aromatic carbocycles. The lowest BCUT2D eigenvalue weighted by Crippen LogP contribution is -2.25. The highest BCUT2D eigenvalue weighted by molar-refractivity contribution is 9.10. The summed E-state index contributed by atoms with van der Waals surface area (Å²) in [5, 5.41) is 8.20. The van der Waals surface area contributed by atoms with Crippen molar-refractivity contribution in [3.63, 3.8) is 0 Å². The molecule has 0 aliphatic carbocycles. The highest BCUT2D eigenvalue weighted by atomic mass is 79.9. The Morgan fingerprint density at radius 1 is 1.25 bits per heavy atom. The second-order valence-corrected chi connectivity index (χ2v) is 5.07. The SMILES string of the molecule is O=CCn1ncn2nc(-c3ccc(Br)cc3)cc2c1=O. The third-order valence-corrected chi connectivity index (χ3v) is 3.41. The number of aldehydes is 1. The molecule has 0 amide bonds. The minimum Gasteiger partial charge on any atom is -0.301 e. The van der Waals surface area contributed by atoms with Crippen LogP contribution in [0.3, 0.4) is 0 Å². The first-order chi connectivity index (χ1) is 9.69. The molecule has 0 radical (unpaired) electrons. The topological polar surface area (TPSA) is 69.3 Å². The van der Waals surface area contributed by atoms with Gasteiger partial charge in [0.1, 0.15) is 24.7 Å². The number of aromatic nitrogens is 4. The lowest BCUT2D eigenvalue weighted by molar-refractivity contribution is -0.108. The molecule has 3 aromatic rings. The van der Waals surface area contributed by atoms with Gasteiger partial charge in [-0.3, -0.25) is 4.79 Å². The molecule has 100 valence electrons. The first-order valence-corrected chi connectivity index (χ1v) is 6.63. The number of carbonyl (C=O) groups is 1. The zero-order chi connectivity index (χ0) is 14.1. The van der Waals surface area contributed by atoms with Crippen LogP contribution < -0.4 is 5.56 Å². The maximum atomic E-state index is 12.1. The lowest BCUT2D eigenvalue weighted by Gasteiger charge is -1.98. The van der Waals surface area contributed by atoms with Crippen molar-refractivity contribution in [3.05, 3.63) is 51.5 Å². The molecule has 0 atom stereocenters. The third-order valence-electron chi connectivity index (χ3n) is 2.88. The fraction of sp³-hybridized carbons (Fsp3) is 0.0769. The quantitative estimate of drug-likeness (QED) is 0.682. The molecule has 0 spiro atoms. The highest BCUT2D eigenvalue weighted by Gasteiger charge is 2.09. The number of halogens is 1. The molecule has 0 N–H and O–H groups in total. The first-order valence-electron chi connectivity index (χ1n) is 5.84. The van der Waals surface area contributed by atoms with E-state index >= 15 is 0 Å². The molecule has 7 heteroatoms. The van der Waals surface area contributed by atoms with Crippen molar-refractivity contribution in [2.24, 2.45) is 0 Å². The van der Waals surface area contributed by atoms with Crippen LogP contribution in [-0.4, -0.2) is 25.7 Å². The Kier molecular flexibility index (Phi) is 3.19. The van der Waals surface area contributed by atoms with Crippen LogP contribution in [-0.2, 0) is 11.3 Å². The summed E-state index contributed by atoms with van der Waals surface area (Å²) >= 11 is 3.37. The first kappa shape index (κ1) is 12.7. The fourth-order valence-electron chi connectivity index (χ4n) is 1.90. The molecule has 6 nitrogen and oxygen atoms in total. The summed E-state index contributed by atoms with van der Waals surface area (Å²) in [5.74, 6) is 0. The van der Waals surface area contributed by atoms with Crippen LogP contribution in [0, 0.1) is 0 Å². The number of hydrogen-bond donors (Lipinski definition) is 0. The normalized spacial score (nSPS) is 10.8. The molecule has 0 aliphatic rings. The van der Waals surface area contributed by atoms with E-state index < -0.39 is 0 Å².